The molecule has 1 aromatic rings. The van der Waals surface area contributed by atoms with Crippen molar-refractivity contribution in [1.82, 2.24) is 0 Å². The third-order valence-corrected chi connectivity index (χ3v) is 1.98. The molecule has 2 nitrogen and oxygen atoms in total. The second-order valence-electron chi connectivity index (χ2n) is 3.23. The molecule has 0 bridgehead atoms. The SMILES string of the molecule is N#CC(CNc1cc(F)ccc1F)C(F)(F)F. The maximum Gasteiger partial charge on any atom is 0.406 e. The molecule has 1 unspecified atom stereocenters. The lowest BCUT2D eigenvalue weighted by molar-refractivity contribution is -0.155. The third kappa shape index (κ3) is 3.59. The highest BCUT2D eigenvalue weighted by Crippen LogP contribution is 2.26. The first-order valence-electron chi connectivity index (χ1n) is 4.50. The van der Waals surface area contributed by atoms with Gasteiger partial charge in [-0.25, -0.2) is 8.78 Å². The van der Waals surface area contributed by atoms with Crippen LogP contribution in [0.15, 0.2) is 18.2 Å². The van der Waals surface area contributed by atoms with Gasteiger partial charge in [0.15, 0.2) is 5.92 Å². The molecular weight excluding hydrogens is 243 g/mol. The quantitative estimate of drug-likeness (QED) is 0.837. The van der Waals surface area contributed by atoms with Crippen molar-refractivity contribution in [2.45, 2.75) is 6.18 Å². The van der Waals surface area contributed by atoms with Gasteiger partial charge in [0.2, 0.25) is 0 Å². The average molecular weight is 250 g/mol. The normalized spacial score (nSPS) is 12.9. The molecule has 1 N–H and O–H groups in total. The maximum atomic E-state index is 13.0. The van der Waals surface area contributed by atoms with Crippen LogP contribution in [0.25, 0.3) is 0 Å². The molecule has 0 aliphatic carbocycles. The molecule has 0 heterocycles. The second-order valence-corrected chi connectivity index (χ2v) is 3.23. The van der Waals surface area contributed by atoms with Crippen molar-refractivity contribution in [2.24, 2.45) is 5.92 Å². The number of nitrogens with one attached hydrogen (secondary N) is 1. The fourth-order valence-electron chi connectivity index (χ4n) is 1.08. The standard InChI is InChI=1S/C10H7F5N2/c11-7-1-2-8(12)9(3-7)17-5-6(4-16)10(13,14)15/h1-3,6,17H,5H2. The summed E-state index contributed by atoms with van der Waals surface area (Å²) in [6.45, 7) is -0.833. The van der Waals surface area contributed by atoms with E-state index < -0.39 is 36.0 Å². The van der Waals surface area contributed by atoms with Gasteiger partial charge in [-0.15, -0.1) is 0 Å². The van der Waals surface area contributed by atoms with Gasteiger partial charge in [-0.05, 0) is 18.2 Å². The average Bonchev–Trinajstić information content (AvgIpc) is 2.22. The summed E-state index contributed by atoms with van der Waals surface area (Å²) in [5, 5.41) is 10.3. The Labute approximate surface area is 93.7 Å². The Balaban J connectivity index is 2.73. The zero-order chi connectivity index (χ0) is 13.1. The molecule has 0 radical (unpaired) electrons. The molecule has 1 rings (SSSR count). The number of nitriles is 1. The molecule has 0 saturated heterocycles. The summed E-state index contributed by atoms with van der Waals surface area (Å²) in [4.78, 5) is 0. The molecule has 0 saturated carbocycles. The van der Waals surface area contributed by atoms with Crippen LogP contribution in [0.1, 0.15) is 0 Å². The van der Waals surface area contributed by atoms with E-state index in [1.54, 1.807) is 0 Å². The van der Waals surface area contributed by atoms with Crippen molar-refractivity contribution in [3.05, 3.63) is 29.8 Å². The number of hydrogen-bond donors (Lipinski definition) is 1. The van der Waals surface area contributed by atoms with Crippen molar-refractivity contribution in [3.8, 4) is 6.07 Å². The lowest BCUT2D eigenvalue weighted by Crippen LogP contribution is -2.28. The number of rotatable bonds is 3. The highest BCUT2D eigenvalue weighted by Gasteiger charge is 2.39. The predicted molar refractivity (Wildman–Crippen MR) is 50.0 cm³/mol. The fourth-order valence-corrected chi connectivity index (χ4v) is 1.08. The lowest BCUT2D eigenvalue weighted by atomic mass is 10.1. The lowest BCUT2D eigenvalue weighted by Gasteiger charge is -2.14. The van der Waals surface area contributed by atoms with E-state index in [4.69, 9.17) is 5.26 Å². The summed E-state index contributed by atoms with van der Waals surface area (Å²) < 4.78 is 62.2. The van der Waals surface area contributed by atoms with Crippen LogP contribution in [-0.2, 0) is 0 Å². The minimum atomic E-state index is -4.70. The Bertz CT molecular complexity index is 435. The molecule has 1 aromatic carbocycles. The van der Waals surface area contributed by atoms with Gasteiger partial charge in [0.05, 0.1) is 11.8 Å². The molecular formula is C10H7F5N2. The summed E-state index contributed by atoms with van der Waals surface area (Å²) in [6.07, 6.45) is -4.70. The van der Waals surface area contributed by atoms with E-state index in [0.717, 1.165) is 24.3 Å². The molecule has 0 aliphatic heterocycles. The molecule has 0 spiro atoms. The number of alkyl halides is 3. The largest absolute Gasteiger partial charge is 0.406 e. The third-order valence-electron chi connectivity index (χ3n) is 1.98. The molecule has 7 heteroatoms. The van der Waals surface area contributed by atoms with Gasteiger partial charge in [0.1, 0.15) is 11.6 Å². The topological polar surface area (TPSA) is 35.8 Å². The Morgan fingerprint density at radius 3 is 2.47 bits per heavy atom. The summed E-state index contributed by atoms with van der Waals surface area (Å²) in [6, 6.07) is 3.39. The molecule has 17 heavy (non-hydrogen) atoms. The van der Waals surface area contributed by atoms with E-state index in [1.807, 2.05) is 0 Å². The van der Waals surface area contributed by atoms with E-state index in [2.05, 4.69) is 5.32 Å². The van der Waals surface area contributed by atoms with Crippen molar-refractivity contribution >= 4 is 5.69 Å². The van der Waals surface area contributed by atoms with Crippen LogP contribution in [0.4, 0.5) is 27.6 Å². The van der Waals surface area contributed by atoms with Crippen LogP contribution in [0.2, 0.25) is 0 Å². The van der Waals surface area contributed by atoms with E-state index >= 15 is 0 Å². The number of anilines is 1. The van der Waals surface area contributed by atoms with Crippen LogP contribution in [0.3, 0.4) is 0 Å². The minimum Gasteiger partial charge on any atom is -0.381 e. The summed E-state index contributed by atoms with van der Waals surface area (Å²) in [7, 11) is 0. The minimum absolute atomic E-state index is 0.408. The second kappa shape index (κ2) is 4.99. The highest BCUT2D eigenvalue weighted by atomic mass is 19.4. The Morgan fingerprint density at radius 1 is 1.29 bits per heavy atom. The maximum absolute atomic E-state index is 13.0. The first-order chi connectivity index (χ1) is 7.84. The zero-order valence-electron chi connectivity index (χ0n) is 8.35. The van der Waals surface area contributed by atoms with E-state index in [1.165, 1.54) is 0 Å². The van der Waals surface area contributed by atoms with Gasteiger partial charge in [-0.1, -0.05) is 0 Å². The van der Waals surface area contributed by atoms with Crippen LogP contribution in [-0.4, -0.2) is 12.7 Å². The predicted octanol–water partition coefficient (Wildman–Crippen LogP) is 3.08. The Kier molecular flexibility index (Phi) is 3.89. The molecule has 92 valence electrons. The summed E-state index contributed by atoms with van der Waals surface area (Å²) >= 11 is 0. The molecule has 1 atom stereocenters. The molecule has 0 aromatic heterocycles. The fraction of sp³-hybridized carbons (Fsp3) is 0.300. The first kappa shape index (κ1) is 13.2. The van der Waals surface area contributed by atoms with Crippen molar-refractivity contribution in [1.29, 1.82) is 5.26 Å². The van der Waals surface area contributed by atoms with Gasteiger partial charge in [0, 0.05) is 6.54 Å². The highest BCUT2D eigenvalue weighted by molar-refractivity contribution is 5.45. The van der Waals surface area contributed by atoms with Crippen molar-refractivity contribution in [2.75, 3.05) is 11.9 Å². The Hall–Kier alpha value is -1.84. The van der Waals surface area contributed by atoms with E-state index in [-0.39, 0.29) is 0 Å². The number of benzene rings is 1. The first-order valence-corrected chi connectivity index (χ1v) is 4.50. The Morgan fingerprint density at radius 2 is 1.94 bits per heavy atom. The van der Waals surface area contributed by atoms with Crippen LogP contribution < -0.4 is 5.32 Å². The van der Waals surface area contributed by atoms with Gasteiger partial charge in [0.25, 0.3) is 0 Å². The molecule has 0 amide bonds. The summed E-state index contributed by atoms with van der Waals surface area (Å²) in [5.41, 5.74) is -0.408. The van der Waals surface area contributed by atoms with E-state index in [9.17, 15) is 22.0 Å². The van der Waals surface area contributed by atoms with Gasteiger partial charge < -0.3 is 5.32 Å². The van der Waals surface area contributed by atoms with Crippen LogP contribution in [0, 0.1) is 28.9 Å². The number of hydrogen-bond acceptors (Lipinski definition) is 2. The van der Waals surface area contributed by atoms with Gasteiger partial charge in [-0.3, -0.25) is 0 Å². The monoisotopic (exact) mass is 250 g/mol. The molecule has 0 fully saturated rings. The van der Waals surface area contributed by atoms with E-state index in [0.29, 0.717) is 0 Å². The van der Waals surface area contributed by atoms with Gasteiger partial charge >= 0.3 is 6.18 Å². The number of nitrogens with zero attached hydrogens (tertiary/aromatic N) is 1. The van der Waals surface area contributed by atoms with Crippen LogP contribution in [0.5, 0.6) is 0 Å². The van der Waals surface area contributed by atoms with Crippen molar-refractivity contribution < 1.29 is 22.0 Å². The zero-order valence-corrected chi connectivity index (χ0v) is 8.35. The number of halogens is 5. The smallest absolute Gasteiger partial charge is 0.381 e. The van der Waals surface area contributed by atoms with Crippen molar-refractivity contribution in [3.63, 3.8) is 0 Å². The van der Waals surface area contributed by atoms with Gasteiger partial charge in [-0.2, -0.15) is 18.4 Å². The summed E-state index contributed by atoms with van der Waals surface area (Å²) in [5.74, 6) is -3.94. The molecule has 0 aliphatic rings. The van der Waals surface area contributed by atoms with Crippen LogP contribution >= 0.6 is 0 Å².